The molecule has 5 heteroatoms. The summed E-state index contributed by atoms with van der Waals surface area (Å²) in [5, 5.41) is 0.142. The Bertz CT molecular complexity index is 585. The molecule has 0 amide bonds. The maximum atomic E-state index is 13.0. The Morgan fingerprint density at radius 1 is 1.33 bits per heavy atom. The second-order valence-corrected chi connectivity index (χ2v) is 5.04. The zero-order chi connectivity index (χ0) is 13.3. The third kappa shape index (κ3) is 2.62. The van der Waals surface area contributed by atoms with Crippen LogP contribution in [0.1, 0.15) is 23.6 Å². The van der Waals surface area contributed by atoms with Gasteiger partial charge in [-0.25, -0.2) is 14.4 Å². The number of rotatable bonds is 2. The van der Waals surface area contributed by atoms with Crippen LogP contribution < -0.4 is 0 Å². The van der Waals surface area contributed by atoms with Gasteiger partial charge in [0, 0.05) is 23.0 Å². The summed E-state index contributed by atoms with van der Waals surface area (Å²) in [7, 11) is 0. The van der Waals surface area contributed by atoms with Crippen LogP contribution in [0.15, 0.2) is 24.4 Å². The Morgan fingerprint density at radius 3 is 2.61 bits per heavy atom. The summed E-state index contributed by atoms with van der Waals surface area (Å²) < 4.78 is 13.0. The molecule has 1 heterocycles. The van der Waals surface area contributed by atoms with E-state index in [1.807, 2.05) is 13.8 Å². The van der Waals surface area contributed by atoms with E-state index < -0.39 is 0 Å². The third-order valence-electron chi connectivity index (χ3n) is 2.62. The van der Waals surface area contributed by atoms with E-state index in [9.17, 15) is 4.39 Å². The van der Waals surface area contributed by atoms with Gasteiger partial charge in [0.15, 0.2) is 5.82 Å². The highest BCUT2D eigenvalue weighted by Crippen LogP contribution is 2.28. The molecule has 2 rings (SSSR count). The first kappa shape index (κ1) is 13.2. The Morgan fingerprint density at radius 2 is 2.06 bits per heavy atom. The smallest absolute Gasteiger partial charge is 0.160 e. The van der Waals surface area contributed by atoms with Crippen molar-refractivity contribution in [2.45, 2.75) is 19.2 Å². The van der Waals surface area contributed by atoms with Crippen molar-refractivity contribution in [3.05, 3.63) is 46.5 Å². The molecule has 0 radical (unpaired) electrons. The Kier molecular flexibility index (Phi) is 3.83. The van der Waals surface area contributed by atoms with Gasteiger partial charge in [0.05, 0.1) is 10.4 Å². The Balaban J connectivity index is 2.49. The average Bonchev–Trinajstić information content (AvgIpc) is 2.28. The van der Waals surface area contributed by atoms with Gasteiger partial charge in [-0.1, -0.05) is 11.6 Å². The molecule has 0 bridgehead atoms. The average molecular weight is 285 g/mol. The van der Waals surface area contributed by atoms with E-state index in [1.165, 1.54) is 12.1 Å². The van der Waals surface area contributed by atoms with Crippen molar-refractivity contribution in [3.63, 3.8) is 0 Å². The summed E-state index contributed by atoms with van der Waals surface area (Å²) in [5.74, 6) is 0.0880. The summed E-state index contributed by atoms with van der Waals surface area (Å²) in [4.78, 5) is 8.57. The van der Waals surface area contributed by atoms with Crippen LogP contribution in [0, 0.1) is 12.7 Å². The van der Waals surface area contributed by atoms with Gasteiger partial charge in [-0.3, -0.25) is 0 Å². The maximum Gasteiger partial charge on any atom is 0.160 e. The number of hydrogen-bond acceptors (Lipinski definition) is 2. The van der Waals surface area contributed by atoms with Crippen molar-refractivity contribution in [2.24, 2.45) is 0 Å². The van der Waals surface area contributed by atoms with E-state index >= 15 is 0 Å². The van der Waals surface area contributed by atoms with Gasteiger partial charge in [0.2, 0.25) is 0 Å². The van der Waals surface area contributed by atoms with Crippen molar-refractivity contribution >= 4 is 23.2 Å². The van der Waals surface area contributed by atoms with Gasteiger partial charge >= 0.3 is 0 Å². The quantitative estimate of drug-likeness (QED) is 0.757. The molecule has 0 spiro atoms. The predicted molar refractivity (Wildman–Crippen MR) is 71.4 cm³/mol. The normalized spacial score (nSPS) is 12.5. The highest BCUT2D eigenvalue weighted by Gasteiger charge is 2.12. The Hall–Kier alpha value is -1.19. The molecule has 1 aromatic heterocycles. The van der Waals surface area contributed by atoms with E-state index in [0.29, 0.717) is 16.4 Å². The fourth-order valence-corrected chi connectivity index (χ4v) is 2.13. The lowest BCUT2D eigenvalue weighted by molar-refractivity contribution is 0.628. The summed E-state index contributed by atoms with van der Waals surface area (Å²) >= 11 is 12.0. The molecule has 94 valence electrons. The van der Waals surface area contributed by atoms with Gasteiger partial charge in [-0.2, -0.15) is 0 Å². The molecule has 0 saturated heterocycles. The molecule has 2 nitrogen and oxygen atoms in total. The zero-order valence-electron chi connectivity index (χ0n) is 9.92. The number of benzene rings is 1. The topological polar surface area (TPSA) is 25.8 Å². The van der Waals surface area contributed by atoms with Gasteiger partial charge in [-0.15, -0.1) is 11.6 Å². The van der Waals surface area contributed by atoms with Gasteiger partial charge in [0.25, 0.3) is 0 Å². The largest absolute Gasteiger partial charge is 0.236 e. The van der Waals surface area contributed by atoms with Crippen LogP contribution in [0.2, 0.25) is 5.02 Å². The van der Waals surface area contributed by atoms with Crippen molar-refractivity contribution in [2.75, 3.05) is 0 Å². The first-order valence-corrected chi connectivity index (χ1v) is 6.23. The summed E-state index contributed by atoms with van der Waals surface area (Å²) in [6, 6.07) is 4.14. The van der Waals surface area contributed by atoms with Crippen LogP contribution in [0.3, 0.4) is 0 Å². The van der Waals surface area contributed by atoms with E-state index in [0.717, 1.165) is 11.3 Å². The van der Waals surface area contributed by atoms with Crippen molar-refractivity contribution in [1.82, 2.24) is 9.97 Å². The molecule has 0 aliphatic heterocycles. The molecule has 2 aromatic rings. The minimum Gasteiger partial charge on any atom is -0.236 e. The predicted octanol–water partition coefficient (Wildman–Crippen LogP) is 4.54. The standard InChI is InChI=1S/C13H11Cl2FN2/c1-7(14)11-6-17-13(18-8(11)2)10-4-3-9(16)5-12(10)15/h3-7H,1-2H3. The number of halogens is 3. The number of nitrogens with zero attached hydrogens (tertiary/aromatic N) is 2. The lowest BCUT2D eigenvalue weighted by Crippen LogP contribution is -1.99. The number of hydrogen-bond donors (Lipinski definition) is 0. The maximum absolute atomic E-state index is 13.0. The minimum atomic E-state index is -0.383. The van der Waals surface area contributed by atoms with Crippen molar-refractivity contribution < 1.29 is 4.39 Å². The summed E-state index contributed by atoms with van der Waals surface area (Å²) in [5.41, 5.74) is 2.27. The van der Waals surface area contributed by atoms with Gasteiger partial charge in [-0.05, 0) is 32.0 Å². The highest BCUT2D eigenvalue weighted by molar-refractivity contribution is 6.33. The molecular formula is C13H11Cl2FN2. The van der Waals surface area contributed by atoms with Crippen LogP contribution >= 0.6 is 23.2 Å². The second-order valence-electron chi connectivity index (χ2n) is 3.97. The SMILES string of the molecule is Cc1nc(-c2ccc(F)cc2Cl)ncc1C(C)Cl. The van der Waals surface area contributed by atoms with E-state index in [4.69, 9.17) is 23.2 Å². The number of aryl methyl sites for hydroxylation is 1. The molecular weight excluding hydrogens is 274 g/mol. The van der Waals surface area contributed by atoms with Crippen LogP contribution in [0.5, 0.6) is 0 Å². The van der Waals surface area contributed by atoms with E-state index in [2.05, 4.69) is 9.97 Å². The minimum absolute atomic E-state index is 0.150. The van der Waals surface area contributed by atoms with Crippen molar-refractivity contribution in [1.29, 1.82) is 0 Å². The summed E-state index contributed by atoms with van der Waals surface area (Å²) in [6.07, 6.45) is 1.68. The molecule has 0 aliphatic carbocycles. The molecule has 0 aliphatic rings. The monoisotopic (exact) mass is 284 g/mol. The zero-order valence-corrected chi connectivity index (χ0v) is 11.4. The molecule has 18 heavy (non-hydrogen) atoms. The number of alkyl halides is 1. The van der Waals surface area contributed by atoms with Crippen LogP contribution in [0.25, 0.3) is 11.4 Å². The second kappa shape index (κ2) is 5.21. The molecule has 1 atom stereocenters. The fourth-order valence-electron chi connectivity index (χ4n) is 1.67. The first-order valence-electron chi connectivity index (χ1n) is 5.42. The van der Waals surface area contributed by atoms with Crippen LogP contribution in [0.4, 0.5) is 4.39 Å². The van der Waals surface area contributed by atoms with Gasteiger partial charge < -0.3 is 0 Å². The van der Waals surface area contributed by atoms with Crippen LogP contribution in [-0.2, 0) is 0 Å². The fraction of sp³-hybridized carbons (Fsp3) is 0.231. The van der Waals surface area contributed by atoms with Crippen molar-refractivity contribution in [3.8, 4) is 11.4 Å². The van der Waals surface area contributed by atoms with Gasteiger partial charge in [0.1, 0.15) is 5.82 Å². The third-order valence-corrected chi connectivity index (χ3v) is 3.17. The lowest BCUT2D eigenvalue weighted by atomic mass is 10.1. The number of aromatic nitrogens is 2. The molecule has 1 aromatic carbocycles. The lowest BCUT2D eigenvalue weighted by Gasteiger charge is -2.09. The molecule has 1 unspecified atom stereocenters. The Labute approximate surface area is 115 Å². The highest BCUT2D eigenvalue weighted by atomic mass is 35.5. The molecule has 0 N–H and O–H groups in total. The first-order chi connectivity index (χ1) is 8.49. The summed E-state index contributed by atoms with van der Waals surface area (Å²) in [6.45, 7) is 3.72. The van der Waals surface area contributed by atoms with E-state index in [1.54, 1.807) is 12.3 Å². The van der Waals surface area contributed by atoms with E-state index in [-0.39, 0.29) is 11.2 Å². The van der Waals surface area contributed by atoms with Crippen LogP contribution in [-0.4, -0.2) is 9.97 Å². The molecule has 0 saturated carbocycles. The molecule has 0 fully saturated rings.